The molecule has 0 aliphatic rings. The van der Waals surface area contributed by atoms with E-state index in [0.717, 1.165) is 22.5 Å². The Morgan fingerprint density at radius 1 is 1.25 bits per heavy atom. The summed E-state index contributed by atoms with van der Waals surface area (Å²) in [5.41, 5.74) is 2.37. The molecule has 1 unspecified atom stereocenters. The molecule has 0 N–H and O–H groups in total. The molecule has 2 rings (SSSR count). The minimum absolute atomic E-state index is 0.0866. The Kier molecular flexibility index (Phi) is 5.02. The largest absolute Gasteiger partial charge is 0.293 e. The average molecular weight is 347 g/mol. The average Bonchev–Trinajstić information content (AvgIpc) is 2.68. The van der Waals surface area contributed by atoms with Crippen LogP contribution in [-0.4, -0.2) is 15.7 Å². The number of ketones is 1. The molecule has 0 saturated carbocycles. The van der Waals surface area contributed by atoms with Gasteiger partial charge in [-0.1, -0.05) is 40.9 Å². The molecule has 106 valence electrons. The van der Waals surface area contributed by atoms with Crippen LogP contribution < -0.4 is 0 Å². The highest BCUT2D eigenvalue weighted by atomic mass is 35.5. The van der Waals surface area contributed by atoms with Crippen LogP contribution in [0.4, 0.5) is 0 Å². The van der Waals surface area contributed by atoms with Crippen LogP contribution in [0.15, 0.2) is 29.2 Å². The van der Waals surface area contributed by atoms with Crippen molar-refractivity contribution in [3.05, 3.63) is 49.6 Å². The van der Waals surface area contributed by atoms with E-state index in [1.54, 1.807) is 6.07 Å². The summed E-state index contributed by atoms with van der Waals surface area (Å²) in [6.07, 6.45) is 0. The van der Waals surface area contributed by atoms with Crippen molar-refractivity contribution in [1.82, 2.24) is 0 Å². The SMILES string of the molecule is Cc1ccc(S(=O)CC(=O)c2cc(Cl)sc2Cl)c(C)c1. The fourth-order valence-electron chi connectivity index (χ4n) is 1.86. The normalized spacial score (nSPS) is 12.4. The number of carbonyl (C=O) groups excluding carboxylic acids is 1. The summed E-state index contributed by atoms with van der Waals surface area (Å²) in [7, 11) is -1.38. The van der Waals surface area contributed by atoms with E-state index in [9.17, 15) is 9.00 Å². The first kappa shape index (κ1) is 15.7. The number of hydrogen-bond acceptors (Lipinski definition) is 3. The monoisotopic (exact) mass is 346 g/mol. The maximum absolute atomic E-state index is 12.3. The lowest BCUT2D eigenvalue weighted by atomic mass is 10.2. The number of carbonyl (C=O) groups is 1. The van der Waals surface area contributed by atoms with Crippen molar-refractivity contribution in [3.63, 3.8) is 0 Å². The van der Waals surface area contributed by atoms with E-state index in [1.807, 2.05) is 26.0 Å². The van der Waals surface area contributed by atoms with Crippen LogP contribution in [-0.2, 0) is 10.8 Å². The predicted octanol–water partition coefficient (Wildman–Crippen LogP) is 4.66. The first-order chi connectivity index (χ1) is 9.38. The first-order valence-electron chi connectivity index (χ1n) is 5.82. The lowest BCUT2D eigenvalue weighted by Crippen LogP contribution is -2.11. The van der Waals surface area contributed by atoms with Crippen LogP contribution >= 0.6 is 34.5 Å². The molecule has 1 atom stereocenters. The van der Waals surface area contributed by atoms with Gasteiger partial charge in [0.25, 0.3) is 0 Å². The zero-order valence-corrected chi connectivity index (χ0v) is 14.1. The Bertz CT molecular complexity index is 692. The number of thiophene rings is 1. The molecule has 0 bridgehead atoms. The fourth-order valence-corrected chi connectivity index (χ4v) is 4.55. The summed E-state index contributed by atoms with van der Waals surface area (Å²) in [5, 5.41) is 0. The quantitative estimate of drug-likeness (QED) is 0.754. The smallest absolute Gasteiger partial charge is 0.178 e. The van der Waals surface area contributed by atoms with Crippen LogP contribution in [0.5, 0.6) is 0 Å². The third kappa shape index (κ3) is 3.50. The number of hydrogen-bond donors (Lipinski definition) is 0. The van der Waals surface area contributed by atoms with Gasteiger partial charge >= 0.3 is 0 Å². The van der Waals surface area contributed by atoms with Gasteiger partial charge in [0.2, 0.25) is 0 Å². The Morgan fingerprint density at radius 3 is 2.50 bits per heavy atom. The molecule has 1 aromatic carbocycles. The fraction of sp³-hybridized carbons (Fsp3) is 0.214. The standard InChI is InChI=1S/C14H12Cl2O2S2/c1-8-3-4-12(9(2)5-8)20(18)7-11(17)10-6-13(15)19-14(10)16/h3-6H,7H2,1-2H3. The molecule has 0 aliphatic heterocycles. The van der Waals surface area contributed by atoms with Crippen LogP contribution in [0.25, 0.3) is 0 Å². The molecule has 0 amide bonds. The predicted molar refractivity (Wildman–Crippen MR) is 85.9 cm³/mol. The third-order valence-electron chi connectivity index (χ3n) is 2.79. The molecule has 1 heterocycles. The van der Waals surface area contributed by atoms with Crippen molar-refractivity contribution in [2.45, 2.75) is 18.7 Å². The molecule has 0 radical (unpaired) electrons. The summed E-state index contributed by atoms with van der Waals surface area (Å²) in [6.45, 7) is 3.86. The second kappa shape index (κ2) is 6.39. The van der Waals surface area contributed by atoms with Gasteiger partial charge in [0.1, 0.15) is 4.34 Å². The van der Waals surface area contributed by atoms with Gasteiger partial charge in [-0.3, -0.25) is 9.00 Å². The van der Waals surface area contributed by atoms with Crippen LogP contribution in [0.3, 0.4) is 0 Å². The van der Waals surface area contributed by atoms with Crippen molar-refractivity contribution in [3.8, 4) is 0 Å². The van der Waals surface area contributed by atoms with Gasteiger partial charge in [-0.05, 0) is 31.5 Å². The summed E-state index contributed by atoms with van der Waals surface area (Å²) in [4.78, 5) is 12.8. The number of rotatable bonds is 4. The molecule has 2 aromatic rings. The first-order valence-corrected chi connectivity index (χ1v) is 8.71. The highest BCUT2D eigenvalue weighted by molar-refractivity contribution is 7.85. The number of benzene rings is 1. The van der Waals surface area contributed by atoms with E-state index in [4.69, 9.17) is 23.2 Å². The molecule has 0 aliphatic carbocycles. The van der Waals surface area contributed by atoms with Crippen molar-refractivity contribution < 1.29 is 9.00 Å². The second-order valence-corrected chi connectivity index (χ2v) is 8.13. The molecular formula is C14H12Cl2O2S2. The van der Waals surface area contributed by atoms with Gasteiger partial charge < -0.3 is 0 Å². The Balaban J connectivity index is 2.19. The van der Waals surface area contributed by atoms with E-state index < -0.39 is 10.8 Å². The van der Waals surface area contributed by atoms with Crippen LogP contribution in [0, 0.1) is 13.8 Å². The van der Waals surface area contributed by atoms with E-state index in [1.165, 1.54) is 6.07 Å². The minimum atomic E-state index is -1.38. The van der Waals surface area contributed by atoms with E-state index in [0.29, 0.717) is 19.1 Å². The summed E-state index contributed by atoms with van der Waals surface area (Å²) >= 11 is 12.9. The second-order valence-electron chi connectivity index (χ2n) is 4.42. The van der Waals surface area contributed by atoms with Gasteiger partial charge in [0.15, 0.2) is 5.78 Å². The number of halogens is 2. The molecule has 1 aromatic heterocycles. The third-order valence-corrected chi connectivity index (χ3v) is 5.76. The zero-order chi connectivity index (χ0) is 14.9. The highest BCUT2D eigenvalue weighted by Gasteiger charge is 2.18. The molecule has 6 heteroatoms. The molecule has 0 saturated heterocycles. The van der Waals surface area contributed by atoms with Gasteiger partial charge in [-0.25, -0.2) is 0 Å². The molecule has 0 spiro atoms. The zero-order valence-electron chi connectivity index (χ0n) is 10.9. The van der Waals surface area contributed by atoms with Crippen LogP contribution in [0.1, 0.15) is 21.5 Å². The summed E-state index contributed by atoms with van der Waals surface area (Å²) in [6, 6.07) is 7.16. The number of aryl methyl sites for hydroxylation is 2. The Hall–Kier alpha value is -0.680. The van der Waals surface area contributed by atoms with Crippen molar-refractivity contribution in [2.24, 2.45) is 0 Å². The number of Topliss-reactive ketones (excluding diaryl/α,β-unsaturated/α-hetero) is 1. The van der Waals surface area contributed by atoms with Gasteiger partial charge in [-0.2, -0.15) is 0 Å². The Morgan fingerprint density at radius 2 is 1.95 bits per heavy atom. The summed E-state index contributed by atoms with van der Waals surface area (Å²) < 4.78 is 13.1. The Labute approximate surface area is 134 Å². The van der Waals surface area contributed by atoms with Gasteiger partial charge in [0, 0.05) is 10.5 Å². The van der Waals surface area contributed by atoms with Crippen LogP contribution in [0.2, 0.25) is 8.67 Å². The van der Waals surface area contributed by atoms with E-state index >= 15 is 0 Å². The lowest BCUT2D eigenvalue weighted by molar-refractivity contribution is 0.102. The van der Waals surface area contributed by atoms with Gasteiger partial charge in [0.05, 0.1) is 20.9 Å². The van der Waals surface area contributed by atoms with E-state index in [2.05, 4.69) is 0 Å². The maximum atomic E-state index is 12.3. The molecule has 0 fully saturated rings. The maximum Gasteiger partial charge on any atom is 0.178 e. The minimum Gasteiger partial charge on any atom is -0.293 e. The molecule has 20 heavy (non-hydrogen) atoms. The van der Waals surface area contributed by atoms with Crippen molar-refractivity contribution in [1.29, 1.82) is 0 Å². The van der Waals surface area contributed by atoms with Gasteiger partial charge in [-0.15, -0.1) is 11.3 Å². The lowest BCUT2D eigenvalue weighted by Gasteiger charge is -2.06. The van der Waals surface area contributed by atoms with Crippen molar-refractivity contribution >= 4 is 51.1 Å². The topological polar surface area (TPSA) is 34.1 Å². The van der Waals surface area contributed by atoms with Crippen molar-refractivity contribution in [2.75, 3.05) is 5.75 Å². The summed E-state index contributed by atoms with van der Waals surface area (Å²) in [5.74, 6) is -0.340. The van der Waals surface area contributed by atoms with E-state index in [-0.39, 0.29) is 11.5 Å². The highest BCUT2D eigenvalue weighted by Crippen LogP contribution is 2.31. The molecule has 2 nitrogen and oxygen atoms in total. The molecular weight excluding hydrogens is 335 g/mol.